The highest BCUT2D eigenvalue weighted by Crippen LogP contribution is 2.31. The van der Waals surface area contributed by atoms with Crippen molar-refractivity contribution in [2.45, 2.75) is 103 Å². The average Bonchev–Trinajstić information content (AvgIpc) is 3.82. The van der Waals surface area contributed by atoms with E-state index < -0.39 is 11.2 Å². The topological polar surface area (TPSA) is 117 Å². The highest BCUT2D eigenvalue weighted by molar-refractivity contribution is 5.93. The van der Waals surface area contributed by atoms with Crippen molar-refractivity contribution in [3.8, 4) is 11.5 Å². The molecule has 11 heteroatoms. The van der Waals surface area contributed by atoms with Crippen molar-refractivity contribution in [2.24, 2.45) is 9.98 Å². The average molecular weight is 645 g/mol. The van der Waals surface area contributed by atoms with Gasteiger partial charge in [0.25, 0.3) is 0 Å². The van der Waals surface area contributed by atoms with Gasteiger partial charge in [0.2, 0.25) is 0 Å². The van der Waals surface area contributed by atoms with Gasteiger partial charge in [0.1, 0.15) is 34.4 Å². The maximum atomic E-state index is 12.8. The van der Waals surface area contributed by atoms with Crippen LogP contribution in [0.5, 0.6) is 11.5 Å². The number of amides is 2. The molecule has 4 aliphatic rings. The summed E-state index contributed by atoms with van der Waals surface area (Å²) in [6.07, 6.45) is 3.03. The molecule has 4 heterocycles. The first-order valence-electron chi connectivity index (χ1n) is 16.8. The summed E-state index contributed by atoms with van der Waals surface area (Å²) in [4.78, 5) is 38.8. The molecule has 2 amide bonds. The third-order valence-electron chi connectivity index (χ3n) is 8.70. The molecule has 0 aromatic heterocycles. The number of likely N-dealkylation sites (tertiary alicyclic amines) is 2. The Labute approximate surface area is 277 Å². The van der Waals surface area contributed by atoms with E-state index in [9.17, 15) is 9.59 Å². The molecule has 11 nitrogen and oxygen atoms in total. The van der Waals surface area contributed by atoms with Gasteiger partial charge in [0.15, 0.2) is 0 Å². The highest BCUT2D eigenvalue weighted by atomic mass is 16.6. The minimum Gasteiger partial charge on any atom is -0.457 e. The summed E-state index contributed by atoms with van der Waals surface area (Å²) >= 11 is 0. The number of nitrogens with zero attached hydrogens (tertiary/aromatic N) is 4. The summed E-state index contributed by atoms with van der Waals surface area (Å²) in [5, 5.41) is 7.13. The first-order valence-corrected chi connectivity index (χ1v) is 16.8. The third kappa shape index (κ3) is 7.82. The molecule has 0 radical (unpaired) electrons. The third-order valence-corrected chi connectivity index (χ3v) is 8.70. The number of benzene rings is 2. The van der Waals surface area contributed by atoms with Crippen LogP contribution >= 0.6 is 0 Å². The molecule has 4 atom stereocenters. The molecule has 4 aliphatic heterocycles. The van der Waals surface area contributed by atoms with Crippen molar-refractivity contribution in [1.82, 2.24) is 20.4 Å². The summed E-state index contributed by atoms with van der Waals surface area (Å²) in [6, 6.07) is 16.0. The van der Waals surface area contributed by atoms with Gasteiger partial charge in [-0.05, 0) is 103 Å². The van der Waals surface area contributed by atoms with E-state index in [1.165, 1.54) is 0 Å². The second-order valence-corrected chi connectivity index (χ2v) is 14.8. The molecule has 2 aromatic rings. The van der Waals surface area contributed by atoms with Crippen LogP contribution in [-0.4, -0.2) is 83.1 Å². The lowest BCUT2D eigenvalue weighted by Crippen LogP contribution is -2.46. The minimum atomic E-state index is -0.536. The summed E-state index contributed by atoms with van der Waals surface area (Å²) in [7, 11) is 0. The minimum absolute atomic E-state index is 0.00533. The molecule has 0 spiro atoms. The van der Waals surface area contributed by atoms with Gasteiger partial charge >= 0.3 is 12.2 Å². The monoisotopic (exact) mass is 644 g/mol. The standard InChI is InChI=1S/C36H48N6O5/c1-35(2,3)46-33(43)41-18-8-12-29(41)31-37-21-27(39-31)23-14-16-25(17-15-23)45-26-11-7-10-24(20-26)28-22-38-32(40-28)30-13-9-19-42(30)34(44)47-36(4,5)6/h7,10-11,14-17,20,27-30H,8-9,12-13,18-19,21-22H2,1-6H3,(H,37,39)(H,38,40)/t27?,28?,29-,30-/m0/s1. The van der Waals surface area contributed by atoms with Gasteiger partial charge in [-0.3, -0.25) is 19.8 Å². The lowest BCUT2D eigenvalue weighted by molar-refractivity contribution is 0.0254. The van der Waals surface area contributed by atoms with E-state index in [1.54, 1.807) is 9.80 Å². The number of nitrogens with one attached hydrogen (secondary N) is 2. The van der Waals surface area contributed by atoms with E-state index in [-0.39, 0.29) is 36.4 Å². The Hall–Kier alpha value is -4.28. The summed E-state index contributed by atoms with van der Waals surface area (Å²) < 4.78 is 17.5. The Balaban J connectivity index is 1.03. The Kier molecular flexibility index (Phi) is 9.09. The second-order valence-electron chi connectivity index (χ2n) is 14.8. The largest absolute Gasteiger partial charge is 0.457 e. The van der Waals surface area contributed by atoms with Crippen LogP contribution in [0.2, 0.25) is 0 Å². The van der Waals surface area contributed by atoms with Gasteiger partial charge in [-0.25, -0.2) is 9.59 Å². The number of rotatable bonds is 6. The predicted molar refractivity (Wildman–Crippen MR) is 181 cm³/mol. The summed E-state index contributed by atoms with van der Waals surface area (Å²) in [6.45, 7) is 13.9. The van der Waals surface area contributed by atoms with Crippen LogP contribution in [0.15, 0.2) is 58.5 Å². The molecule has 2 unspecified atom stereocenters. The van der Waals surface area contributed by atoms with Crippen LogP contribution in [-0.2, 0) is 9.47 Å². The van der Waals surface area contributed by atoms with Crippen molar-refractivity contribution < 1.29 is 23.8 Å². The molecular weight excluding hydrogens is 596 g/mol. The molecule has 0 saturated carbocycles. The van der Waals surface area contributed by atoms with Crippen LogP contribution < -0.4 is 15.4 Å². The fourth-order valence-corrected chi connectivity index (χ4v) is 6.58. The number of hydrogen-bond donors (Lipinski definition) is 2. The van der Waals surface area contributed by atoms with Crippen molar-refractivity contribution in [3.05, 3.63) is 59.7 Å². The fourth-order valence-electron chi connectivity index (χ4n) is 6.58. The summed E-state index contributed by atoms with van der Waals surface area (Å²) in [5.74, 6) is 3.19. The van der Waals surface area contributed by atoms with Gasteiger partial charge in [-0.2, -0.15) is 0 Å². The van der Waals surface area contributed by atoms with Gasteiger partial charge in [-0.1, -0.05) is 24.3 Å². The van der Waals surface area contributed by atoms with Gasteiger partial charge in [0.05, 0.1) is 37.3 Å². The molecule has 2 aromatic carbocycles. The molecule has 47 heavy (non-hydrogen) atoms. The number of ether oxygens (including phenoxy) is 3. The zero-order valence-electron chi connectivity index (χ0n) is 28.4. The number of carbonyl (C=O) groups excluding carboxylic acids is 2. The smallest absolute Gasteiger partial charge is 0.410 e. The van der Waals surface area contributed by atoms with Crippen molar-refractivity contribution >= 4 is 23.9 Å². The van der Waals surface area contributed by atoms with Gasteiger partial charge in [-0.15, -0.1) is 0 Å². The van der Waals surface area contributed by atoms with E-state index in [0.29, 0.717) is 26.2 Å². The van der Waals surface area contributed by atoms with E-state index >= 15 is 0 Å². The number of hydrogen-bond acceptors (Lipinski definition) is 9. The van der Waals surface area contributed by atoms with E-state index in [2.05, 4.69) is 28.8 Å². The summed E-state index contributed by atoms with van der Waals surface area (Å²) in [5.41, 5.74) is 1.12. The van der Waals surface area contributed by atoms with E-state index in [0.717, 1.165) is 60.0 Å². The molecule has 2 fully saturated rings. The lowest BCUT2D eigenvalue weighted by Gasteiger charge is -2.29. The Morgan fingerprint density at radius 3 is 1.72 bits per heavy atom. The second kappa shape index (κ2) is 13.1. The number of carbonyl (C=O) groups is 2. The van der Waals surface area contributed by atoms with Crippen LogP contribution in [0, 0.1) is 0 Å². The fraction of sp³-hybridized carbons (Fsp3) is 0.556. The Morgan fingerprint density at radius 1 is 0.702 bits per heavy atom. The number of amidine groups is 2. The van der Waals surface area contributed by atoms with Crippen LogP contribution in [0.3, 0.4) is 0 Å². The molecular formula is C36H48N6O5. The predicted octanol–water partition coefficient (Wildman–Crippen LogP) is 6.36. The molecule has 0 bridgehead atoms. The SMILES string of the molecule is CC(C)(C)OC(=O)N1CCC[C@H]1C1=NCC(c2ccc(Oc3cccc(C4CN=C([C@@H]5CCCN5C(=O)OC(C)(C)C)N4)c3)cc2)N1. The quantitative estimate of drug-likeness (QED) is 0.376. The molecule has 0 aliphatic carbocycles. The molecule has 2 saturated heterocycles. The van der Waals surface area contributed by atoms with Crippen molar-refractivity contribution in [2.75, 3.05) is 26.2 Å². The molecule has 6 rings (SSSR count). The first kappa shape index (κ1) is 32.7. The number of aliphatic imine (C=N–C) groups is 2. The Bertz CT molecular complexity index is 1530. The highest BCUT2D eigenvalue weighted by Gasteiger charge is 2.39. The maximum absolute atomic E-state index is 12.8. The Morgan fingerprint density at radius 2 is 1.21 bits per heavy atom. The normalized spacial score (nSPS) is 24.4. The van der Waals surface area contributed by atoms with Crippen molar-refractivity contribution in [3.63, 3.8) is 0 Å². The maximum Gasteiger partial charge on any atom is 0.410 e. The van der Waals surface area contributed by atoms with E-state index in [4.69, 9.17) is 24.2 Å². The van der Waals surface area contributed by atoms with Crippen LogP contribution in [0.1, 0.15) is 90.4 Å². The van der Waals surface area contributed by atoms with E-state index in [1.807, 2.05) is 71.9 Å². The molecule has 252 valence electrons. The first-order chi connectivity index (χ1) is 22.3. The van der Waals surface area contributed by atoms with Gasteiger partial charge in [0, 0.05) is 13.1 Å². The van der Waals surface area contributed by atoms with Crippen LogP contribution in [0.4, 0.5) is 9.59 Å². The molecule has 2 N–H and O–H groups in total. The van der Waals surface area contributed by atoms with Gasteiger partial charge < -0.3 is 24.8 Å². The van der Waals surface area contributed by atoms with Crippen LogP contribution in [0.25, 0.3) is 0 Å². The van der Waals surface area contributed by atoms with Crippen molar-refractivity contribution in [1.29, 1.82) is 0 Å². The zero-order chi connectivity index (χ0) is 33.3. The zero-order valence-corrected chi connectivity index (χ0v) is 28.4. The lowest BCUT2D eigenvalue weighted by atomic mass is 10.1.